The minimum atomic E-state index is -4.68. The largest absolute Gasteiger partial charge is 0.463 e. The van der Waals surface area contributed by atoms with Crippen molar-refractivity contribution in [1.29, 1.82) is 5.26 Å². The number of rotatable bonds is 4. The molecule has 1 fully saturated rings. The number of benzene rings is 1. The average Bonchev–Trinajstić information content (AvgIpc) is 3.67. The molecule has 4 aromatic heterocycles. The Morgan fingerprint density at radius 2 is 1.84 bits per heavy atom. The Kier molecular flexibility index (Phi) is 5.69. The number of hydrogen-bond acceptors (Lipinski definition) is 7. The van der Waals surface area contributed by atoms with E-state index in [4.69, 9.17) is 8.83 Å². The molecule has 0 unspecified atom stereocenters. The number of pyridine rings is 1. The van der Waals surface area contributed by atoms with Gasteiger partial charge in [0.25, 0.3) is 0 Å². The van der Waals surface area contributed by atoms with Crippen molar-refractivity contribution in [2.75, 3.05) is 31.1 Å². The van der Waals surface area contributed by atoms with Gasteiger partial charge in [0.15, 0.2) is 11.4 Å². The van der Waals surface area contributed by atoms with Crippen LogP contribution < -0.4 is 10.2 Å². The highest BCUT2D eigenvalue weighted by Gasteiger charge is 2.37. The third-order valence-electron chi connectivity index (χ3n) is 6.66. The summed E-state index contributed by atoms with van der Waals surface area (Å²) in [5.41, 5.74) is 3.25. The van der Waals surface area contributed by atoms with E-state index in [2.05, 4.69) is 31.5 Å². The van der Waals surface area contributed by atoms with Gasteiger partial charge < -0.3 is 19.1 Å². The van der Waals surface area contributed by atoms with E-state index in [1.54, 1.807) is 12.1 Å². The topological polar surface area (TPSA) is 107 Å². The Morgan fingerprint density at radius 1 is 1.08 bits per heavy atom. The molecule has 6 rings (SSSR count). The number of nitrogens with zero attached hydrogens (tertiary/aromatic N) is 4. The SMILES string of the molecule is Cc1oc(C(F)(F)F)cc1-c1nc2[nH]nc(-c3ccco3)c2c(-c2ccc(N3CCNCC3)cc2)c1C#N. The molecule has 11 heteroatoms. The van der Waals surface area contributed by atoms with Crippen LogP contribution in [0, 0.1) is 18.3 Å². The second-order valence-electron chi connectivity index (χ2n) is 8.96. The van der Waals surface area contributed by atoms with E-state index in [0.717, 1.165) is 37.9 Å². The van der Waals surface area contributed by atoms with Gasteiger partial charge in [0, 0.05) is 43.0 Å². The highest BCUT2D eigenvalue weighted by molar-refractivity contribution is 6.06. The molecule has 38 heavy (non-hydrogen) atoms. The van der Waals surface area contributed by atoms with Crippen LogP contribution in [0.5, 0.6) is 0 Å². The van der Waals surface area contributed by atoms with Gasteiger partial charge in [-0.3, -0.25) is 5.10 Å². The predicted molar refractivity (Wildman–Crippen MR) is 134 cm³/mol. The number of anilines is 1. The standard InChI is InChI=1S/C27H21F3N6O2/c1-15-18(13-21(38-15)27(28,29)30)24-19(14-31)22(16-4-6-17(7-5-16)36-10-8-32-9-11-36)23-25(20-3-2-12-37-20)34-35-26(23)33-24/h2-7,12-13,32H,8-11H2,1H3,(H,33,34,35). The number of hydrogen-bond donors (Lipinski definition) is 2. The molecule has 2 N–H and O–H groups in total. The zero-order valence-corrected chi connectivity index (χ0v) is 20.2. The summed E-state index contributed by atoms with van der Waals surface area (Å²) in [5, 5.41) is 21.5. The normalized spacial score (nSPS) is 14.2. The second kappa shape index (κ2) is 9.08. The number of aromatic nitrogens is 3. The van der Waals surface area contributed by atoms with Crippen LogP contribution in [0.1, 0.15) is 17.1 Å². The zero-order valence-electron chi connectivity index (χ0n) is 20.2. The van der Waals surface area contributed by atoms with Gasteiger partial charge in [0.2, 0.25) is 5.76 Å². The van der Waals surface area contributed by atoms with E-state index >= 15 is 0 Å². The van der Waals surface area contributed by atoms with E-state index in [9.17, 15) is 18.4 Å². The third kappa shape index (κ3) is 3.99. The van der Waals surface area contributed by atoms with Gasteiger partial charge in [-0.05, 0) is 42.8 Å². The minimum absolute atomic E-state index is 0.00598. The lowest BCUT2D eigenvalue weighted by Crippen LogP contribution is -2.43. The molecular formula is C27H21F3N6O2. The Labute approximate surface area is 214 Å². The van der Waals surface area contributed by atoms with E-state index in [-0.39, 0.29) is 22.6 Å². The summed E-state index contributed by atoms with van der Waals surface area (Å²) in [7, 11) is 0. The van der Waals surface area contributed by atoms with Crippen LogP contribution >= 0.6 is 0 Å². The number of aromatic amines is 1. The molecule has 1 aromatic carbocycles. The molecule has 0 bridgehead atoms. The number of nitriles is 1. The van der Waals surface area contributed by atoms with Gasteiger partial charge in [-0.1, -0.05) is 12.1 Å². The van der Waals surface area contributed by atoms with Gasteiger partial charge in [-0.2, -0.15) is 23.5 Å². The molecule has 0 atom stereocenters. The van der Waals surface area contributed by atoms with Crippen molar-refractivity contribution in [3.63, 3.8) is 0 Å². The molecular weight excluding hydrogens is 497 g/mol. The van der Waals surface area contributed by atoms with Crippen LogP contribution in [0.25, 0.3) is 44.9 Å². The first-order valence-electron chi connectivity index (χ1n) is 12.0. The first-order valence-corrected chi connectivity index (χ1v) is 12.0. The van der Waals surface area contributed by atoms with Crippen LogP contribution in [0.3, 0.4) is 0 Å². The monoisotopic (exact) mass is 518 g/mol. The number of nitrogens with one attached hydrogen (secondary N) is 2. The maximum absolute atomic E-state index is 13.4. The fourth-order valence-corrected chi connectivity index (χ4v) is 4.86. The van der Waals surface area contributed by atoms with Gasteiger partial charge >= 0.3 is 6.18 Å². The average molecular weight is 518 g/mol. The van der Waals surface area contributed by atoms with Crippen molar-refractivity contribution in [3.05, 3.63) is 65.8 Å². The van der Waals surface area contributed by atoms with Gasteiger partial charge in [-0.15, -0.1) is 0 Å². The number of furan rings is 2. The molecule has 5 heterocycles. The van der Waals surface area contributed by atoms with E-state index in [0.29, 0.717) is 33.6 Å². The first kappa shape index (κ1) is 23.8. The molecule has 8 nitrogen and oxygen atoms in total. The number of alkyl halides is 3. The fourth-order valence-electron chi connectivity index (χ4n) is 4.86. The van der Waals surface area contributed by atoms with Gasteiger partial charge in [0.1, 0.15) is 17.5 Å². The van der Waals surface area contributed by atoms with Crippen LogP contribution in [0.15, 0.2) is 57.6 Å². The number of aryl methyl sites for hydroxylation is 1. The van der Waals surface area contributed by atoms with Crippen LogP contribution in [0.4, 0.5) is 18.9 Å². The fraction of sp³-hybridized carbons (Fsp3) is 0.222. The molecule has 1 aliphatic rings. The van der Waals surface area contributed by atoms with Gasteiger partial charge in [0.05, 0.1) is 22.9 Å². The summed E-state index contributed by atoms with van der Waals surface area (Å²) in [6.07, 6.45) is -3.17. The van der Waals surface area contributed by atoms with Crippen LogP contribution in [-0.2, 0) is 6.18 Å². The van der Waals surface area contributed by atoms with E-state index in [1.165, 1.54) is 13.2 Å². The quantitative estimate of drug-likeness (QED) is 0.312. The van der Waals surface area contributed by atoms with Crippen molar-refractivity contribution in [1.82, 2.24) is 20.5 Å². The number of piperazine rings is 1. The highest BCUT2D eigenvalue weighted by Crippen LogP contribution is 2.43. The molecule has 5 aromatic rings. The Morgan fingerprint density at radius 3 is 2.47 bits per heavy atom. The summed E-state index contributed by atoms with van der Waals surface area (Å²) < 4.78 is 50.8. The van der Waals surface area contributed by atoms with E-state index < -0.39 is 11.9 Å². The Bertz CT molecular complexity index is 1650. The highest BCUT2D eigenvalue weighted by atomic mass is 19.4. The summed E-state index contributed by atoms with van der Waals surface area (Å²) in [6, 6.07) is 14.3. The lowest BCUT2D eigenvalue weighted by Gasteiger charge is -2.29. The smallest absolute Gasteiger partial charge is 0.449 e. The molecule has 1 saturated heterocycles. The molecule has 0 aliphatic carbocycles. The summed E-state index contributed by atoms with van der Waals surface area (Å²) in [5.74, 6) is -0.683. The molecule has 0 saturated carbocycles. The van der Waals surface area contributed by atoms with Gasteiger partial charge in [-0.25, -0.2) is 4.98 Å². The van der Waals surface area contributed by atoms with Crippen molar-refractivity contribution in [2.24, 2.45) is 0 Å². The summed E-state index contributed by atoms with van der Waals surface area (Å²) in [4.78, 5) is 6.82. The van der Waals surface area contributed by atoms with Crippen molar-refractivity contribution < 1.29 is 22.0 Å². The second-order valence-corrected chi connectivity index (χ2v) is 8.96. The van der Waals surface area contributed by atoms with Crippen molar-refractivity contribution in [3.8, 4) is 39.9 Å². The van der Waals surface area contributed by atoms with Crippen molar-refractivity contribution >= 4 is 16.7 Å². The van der Waals surface area contributed by atoms with E-state index in [1.807, 2.05) is 24.3 Å². The third-order valence-corrected chi connectivity index (χ3v) is 6.66. The number of halogens is 3. The Balaban J connectivity index is 1.59. The first-order chi connectivity index (χ1) is 18.3. The predicted octanol–water partition coefficient (Wildman–Crippen LogP) is 5.75. The lowest BCUT2D eigenvalue weighted by atomic mass is 9.92. The van der Waals surface area contributed by atoms with Crippen LogP contribution in [-0.4, -0.2) is 41.4 Å². The number of fused-ring (bicyclic) bond motifs is 1. The minimum Gasteiger partial charge on any atom is -0.463 e. The summed E-state index contributed by atoms with van der Waals surface area (Å²) in [6.45, 7) is 4.94. The number of H-pyrrole nitrogens is 1. The lowest BCUT2D eigenvalue weighted by molar-refractivity contribution is -0.153. The van der Waals surface area contributed by atoms with Crippen molar-refractivity contribution in [2.45, 2.75) is 13.1 Å². The zero-order chi connectivity index (χ0) is 26.4. The molecule has 192 valence electrons. The summed E-state index contributed by atoms with van der Waals surface area (Å²) >= 11 is 0. The molecule has 0 radical (unpaired) electrons. The maximum atomic E-state index is 13.4. The van der Waals surface area contributed by atoms with Crippen LogP contribution in [0.2, 0.25) is 0 Å². The molecule has 0 spiro atoms. The Hall–Kier alpha value is -4.56. The maximum Gasteiger partial charge on any atom is 0.449 e. The molecule has 1 aliphatic heterocycles. The molecule has 0 amide bonds.